The maximum Gasteiger partial charge on any atom is 0.407 e. The first kappa shape index (κ1) is 41.6. The minimum atomic E-state index is -1.21. The van der Waals surface area contributed by atoms with Crippen LogP contribution in [0.4, 0.5) is 4.79 Å². The predicted molar refractivity (Wildman–Crippen MR) is 169 cm³/mol. The summed E-state index contributed by atoms with van der Waals surface area (Å²) in [4.78, 5) is 76.0. The lowest BCUT2D eigenvalue weighted by atomic mass is 9.99. The normalized spacial score (nSPS) is 14.4. The summed E-state index contributed by atoms with van der Waals surface area (Å²) in [6.45, 7) is 17.7. The molecule has 0 radical (unpaired) electrons. The van der Waals surface area contributed by atoms with E-state index in [1.165, 1.54) is 7.11 Å². The van der Waals surface area contributed by atoms with Gasteiger partial charge >= 0.3 is 18.0 Å². The molecule has 0 aliphatic rings. The Labute approximate surface area is 268 Å². The molecule has 6 N–H and O–H groups in total. The maximum absolute atomic E-state index is 13.4. The van der Waals surface area contributed by atoms with Crippen molar-refractivity contribution >= 4 is 35.8 Å². The number of hydrogen-bond donors (Lipinski definition) is 5. The van der Waals surface area contributed by atoms with Gasteiger partial charge in [0.1, 0.15) is 29.3 Å². The van der Waals surface area contributed by atoms with Gasteiger partial charge in [0.15, 0.2) is 0 Å². The molecule has 0 aliphatic heterocycles. The number of carbonyl (C=O) groups excluding carboxylic acids is 6. The number of nitrogens with one attached hydrogen (secondary N) is 4. The Morgan fingerprint density at radius 3 is 1.71 bits per heavy atom. The topological polar surface area (TPSA) is 204 Å². The third kappa shape index (κ3) is 18.2. The lowest BCUT2D eigenvalue weighted by Gasteiger charge is -2.28. The largest absolute Gasteiger partial charge is 0.467 e. The number of ether oxygens (including phenoxy) is 3. The van der Waals surface area contributed by atoms with Gasteiger partial charge < -0.3 is 41.2 Å². The van der Waals surface area contributed by atoms with E-state index < -0.39 is 77.0 Å². The van der Waals surface area contributed by atoms with E-state index in [2.05, 4.69) is 21.3 Å². The van der Waals surface area contributed by atoms with Gasteiger partial charge in [0.2, 0.25) is 17.7 Å². The maximum atomic E-state index is 13.4. The van der Waals surface area contributed by atoms with Crippen LogP contribution in [-0.4, -0.2) is 84.8 Å². The Balaban J connectivity index is 5.52. The number of unbranched alkanes of at least 4 members (excludes halogenated alkanes) is 1. The molecule has 0 unspecified atom stereocenters. The van der Waals surface area contributed by atoms with Crippen LogP contribution in [0, 0.1) is 11.8 Å². The van der Waals surface area contributed by atoms with E-state index in [1.807, 2.05) is 0 Å². The van der Waals surface area contributed by atoms with Gasteiger partial charge in [-0.15, -0.1) is 0 Å². The van der Waals surface area contributed by atoms with E-state index in [9.17, 15) is 28.8 Å². The molecule has 14 nitrogen and oxygen atoms in total. The van der Waals surface area contributed by atoms with Crippen molar-refractivity contribution in [3.05, 3.63) is 0 Å². The van der Waals surface area contributed by atoms with Gasteiger partial charge in [0.05, 0.1) is 13.2 Å². The Morgan fingerprint density at radius 1 is 0.689 bits per heavy atom. The molecular formula is C31H57N5O9. The molecule has 0 fully saturated rings. The Hall–Kier alpha value is -3.42. The van der Waals surface area contributed by atoms with Crippen LogP contribution in [0.3, 0.4) is 0 Å². The molecule has 45 heavy (non-hydrogen) atoms. The van der Waals surface area contributed by atoms with Crippen molar-refractivity contribution in [2.24, 2.45) is 17.6 Å². The van der Waals surface area contributed by atoms with E-state index in [4.69, 9.17) is 19.9 Å². The lowest BCUT2D eigenvalue weighted by molar-refractivity contribution is -0.155. The highest BCUT2D eigenvalue weighted by Crippen LogP contribution is 2.13. The van der Waals surface area contributed by atoms with E-state index in [0.29, 0.717) is 19.4 Å². The summed E-state index contributed by atoms with van der Waals surface area (Å²) in [5.41, 5.74) is 4.74. The fourth-order valence-electron chi connectivity index (χ4n) is 3.98. The monoisotopic (exact) mass is 643 g/mol. The zero-order chi connectivity index (χ0) is 35.1. The van der Waals surface area contributed by atoms with Crippen molar-refractivity contribution in [1.29, 1.82) is 0 Å². The van der Waals surface area contributed by atoms with Crippen molar-refractivity contribution in [2.75, 3.05) is 13.7 Å². The van der Waals surface area contributed by atoms with Crippen molar-refractivity contribution in [3.63, 3.8) is 0 Å². The first-order valence-corrected chi connectivity index (χ1v) is 15.5. The van der Waals surface area contributed by atoms with Gasteiger partial charge in [-0.3, -0.25) is 19.2 Å². The van der Waals surface area contributed by atoms with Crippen molar-refractivity contribution in [1.82, 2.24) is 21.3 Å². The van der Waals surface area contributed by atoms with Crippen LogP contribution in [0.25, 0.3) is 0 Å². The number of carbonyl (C=O) groups is 6. The van der Waals surface area contributed by atoms with Gasteiger partial charge in [-0.25, -0.2) is 9.59 Å². The fraction of sp³-hybridized carbons (Fsp3) is 0.806. The second-order valence-electron chi connectivity index (χ2n) is 13.7. The number of rotatable bonds is 17. The van der Waals surface area contributed by atoms with Crippen molar-refractivity contribution in [3.8, 4) is 0 Å². The van der Waals surface area contributed by atoms with Gasteiger partial charge in [-0.1, -0.05) is 27.7 Å². The lowest BCUT2D eigenvalue weighted by Crippen LogP contribution is -2.59. The molecule has 0 aromatic rings. The van der Waals surface area contributed by atoms with Gasteiger partial charge in [0.25, 0.3) is 0 Å². The molecule has 0 heterocycles. The van der Waals surface area contributed by atoms with Crippen LogP contribution in [0.1, 0.15) is 101 Å². The zero-order valence-corrected chi connectivity index (χ0v) is 29.0. The summed E-state index contributed by atoms with van der Waals surface area (Å²) < 4.78 is 15.3. The minimum Gasteiger partial charge on any atom is -0.467 e. The number of esters is 2. The fourth-order valence-corrected chi connectivity index (χ4v) is 3.98. The molecule has 0 saturated carbocycles. The molecule has 0 aliphatic carbocycles. The molecular weight excluding hydrogens is 586 g/mol. The summed E-state index contributed by atoms with van der Waals surface area (Å²) in [5, 5.41) is 10.5. The Bertz CT molecular complexity index is 1000. The van der Waals surface area contributed by atoms with E-state index in [0.717, 1.165) is 0 Å². The second-order valence-corrected chi connectivity index (χ2v) is 13.7. The van der Waals surface area contributed by atoms with Crippen LogP contribution < -0.4 is 27.0 Å². The molecule has 14 heteroatoms. The molecule has 0 saturated heterocycles. The quantitative estimate of drug-likeness (QED) is 0.0886. The van der Waals surface area contributed by atoms with Gasteiger partial charge in [-0.2, -0.15) is 0 Å². The molecule has 0 spiro atoms. The molecule has 4 amide bonds. The predicted octanol–water partition coefficient (Wildman–Crippen LogP) is 2.07. The zero-order valence-electron chi connectivity index (χ0n) is 29.0. The van der Waals surface area contributed by atoms with Crippen LogP contribution in [-0.2, 0) is 38.2 Å². The third-order valence-corrected chi connectivity index (χ3v) is 6.30. The molecule has 4 atom stereocenters. The summed E-state index contributed by atoms with van der Waals surface area (Å²) in [5.74, 6) is -3.77. The second kappa shape index (κ2) is 19.2. The minimum absolute atomic E-state index is 0.109. The van der Waals surface area contributed by atoms with E-state index in [1.54, 1.807) is 69.2 Å². The highest BCUT2D eigenvalue weighted by atomic mass is 16.6. The SMILES string of the molecule is COC(=O)[C@@H](NC(=O)[C@@H](NC(=O)[C@H](CCC(=O)OC(C)(C)C)NC(=O)[C@@H](N)CCCCNC(=O)OC(C)(C)C)C(C)C)C(C)C. The van der Waals surface area contributed by atoms with Crippen LogP contribution >= 0.6 is 0 Å². The molecule has 0 aromatic heterocycles. The van der Waals surface area contributed by atoms with Crippen LogP contribution in [0.15, 0.2) is 0 Å². The first-order valence-electron chi connectivity index (χ1n) is 15.5. The summed E-state index contributed by atoms with van der Waals surface area (Å²) in [7, 11) is 1.22. The summed E-state index contributed by atoms with van der Waals surface area (Å²) >= 11 is 0. The highest BCUT2D eigenvalue weighted by molar-refractivity contribution is 5.94. The average Bonchev–Trinajstić information content (AvgIpc) is 2.88. The number of methoxy groups -OCH3 is 1. The van der Waals surface area contributed by atoms with Crippen LogP contribution in [0.5, 0.6) is 0 Å². The van der Waals surface area contributed by atoms with Crippen LogP contribution in [0.2, 0.25) is 0 Å². The Morgan fingerprint density at radius 2 is 1.22 bits per heavy atom. The number of alkyl carbamates (subject to hydrolysis) is 1. The summed E-state index contributed by atoms with van der Waals surface area (Å²) in [6, 6.07) is -4.17. The van der Waals surface area contributed by atoms with Crippen molar-refractivity contribution < 1.29 is 43.0 Å². The van der Waals surface area contributed by atoms with Crippen molar-refractivity contribution in [2.45, 2.75) is 137 Å². The van der Waals surface area contributed by atoms with E-state index in [-0.39, 0.29) is 25.2 Å². The summed E-state index contributed by atoms with van der Waals surface area (Å²) in [6.07, 6.45) is 0.480. The highest BCUT2D eigenvalue weighted by Gasteiger charge is 2.33. The standard InChI is InChI=1S/C31H57N5O9/c1-18(2)23(27(40)36-24(19(3)4)28(41)43-11)35-26(39)21(15-16-22(37)44-30(5,6)7)34-25(38)20(32)14-12-13-17-33-29(42)45-31(8,9)10/h18-21,23-24H,12-17,32H2,1-11H3,(H,33,42)(H,34,38)(H,35,39)(H,36,40)/t20-,21-,23-,24-/m0/s1. The Kier molecular flexibility index (Phi) is 17.7. The molecule has 0 rings (SSSR count). The third-order valence-electron chi connectivity index (χ3n) is 6.30. The van der Waals surface area contributed by atoms with E-state index >= 15 is 0 Å². The molecule has 260 valence electrons. The average molecular weight is 644 g/mol. The molecule has 0 aromatic carbocycles. The number of nitrogens with two attached hydrogens (primary N) is 1. The van der Waals surface area contributed by atoms with Gasteiger partial charge in [-0.05, 0) is 79.1 Å². The number of hydrogen-bond acceptors (Lipinski definition) is 10. The van der Waals surface area contributed by atoms with Gasteiger partial charge in [0, 0.05) is 13.0 Å². The smallest absolute Gasteiger partial charge is 0.407 e. The number of amides is 4. The first-order chi connectivity index (χ1) is 20.6. The molecule has 0 bridgehead atoms.